The predicted octanol–water partition coefficient (Wildman–Crippen LogP) is 2.50. The zero-order valence-electron chi connectivity index (χ0n) is 9.36. The highest BCUT2D eigenvalue weighted by Gasteiger charge is 2.04. The fourth-order valence-electron chi connectivity index (χ4n) is 1.35. The lowest BCUT2D eigenvalue weighted by atomic mass is 10.1. The Bertz CT molecular complexity index is 296. The second-order valence-electron chi connectivity index (χ2n) is 4.03. The number of hydrogen-bond acceptors (Lipinski definition) is 3. The number of rotatable bonds is 6. The average Bonchev–Trinajstić information content (AvgIpc) is 2.18. The molecule has 0 aliphatic heterocycles. The predicted molar refractivity (Wildman–Crippen MR) is 61.8 cm³/mol. The Morgan fingerprint density at radius 3 is 2.87 bits per heavy atom. The van der Waals surface area contributed by atoms with E-state index in [9.17, 15) is 4.79 Å². The fraction of sp³-hybridized carbons (Fsp3) is 0.500. The average molecular weight is 206 g/mol. The fourth-order valence-corrected chi connectivity index (χ4v) is 1.35. The van der Waals surface area contributed by atoms with Crippen LogP contribution in [0.15, 0.2) is 24.4 Å². The first-order valence-corrected chi connectivity index (χ1v) is 5.35. The number of hydrogen-bond donors (Lipinski definition) is 1. The lowest BCUT2D eigenvalue weighted by Crippen LogP contribution is -2.10. The van der Waals surface area contributed by atoms with E-state index in [2.05, 4.69) is 24.1 Å². The monoisotopic (exact) mass is 206 g/mol. The summed E-state index contributed by atoms with van der Waals surface area (Å²) in [7, 11) is 0. The van der Waals surface area contributed by atoms with E-state index in [0.717, 1.165) is 5.82 Å². The molecule has 0 aliphatic carbocycles. The van der Waals surface area contributed by atoms with Crippen LogP contribution in [-0.4, -0.2) is 17.3 Å². The minimum absolute atomic E-state index is 0.313. The molecule has 0 atom stereocenters. The van der Waals surface area contributed by atoms with E-state index in [1.807, 2.05) is 18.2 Å². The minimum atomic E-state index is 0.313. The van der Waals surface area contributed by atoms with Gasteiger partial charge in [0.05, 0.1) is 0 Å². The number of nitrogens with one attached hydrogen (secondary N) is 1. The molecule has 0 saturated carbocycles. The summed E-state index contributed by atoms with van der Waals surface area (Å²) in [6.45, 7) is 4.79. The van der Waals surface area contributed by atoms with Gasteiger partial charge in [-0.2, -0.15) is 0 Å². The summed E-state index contributed by atoms with van der Waals surface area (Å²) >= 11 is 0. The molecule has 3 nitrogen and oxygen atoms in total. The number of carbonyl (C=O) groups is 1. The van der Waals surface area contributed by atoms with Crippen LogP contribution < -0.4 is 5.32 Å². The second-order valence-corrected chi connectivity index (χ2v) is 4.03. The highest BCUT2D eigenvalue weighted by molar-refractivity contribution is 5.79. The molecule has 0 aliphatic rings. The van der Waals surface area contributed by atoms with Crippen LogP contribution in [0.25, 0.3) is 0 Å². The summed E-state index contributed by atoms with van der Waals surface area (Å²) in [5.74, 6) is 1.59. The maximum absolute atomic E-state index is 11.4. The van der Waals surface area contributed by atoms with Gasteiger partial charge in [0.2, 0.25) is 0 Å². The van der Waals surface area contributed by atoms with Crippen molar-refractivity contribution < 1.29 is 4.79 Å². The minimum Gasteiger partial charge on any atom is -0.370 e. The lowest BCUT2D eigenvalue weighted by molar-refractivity contribution is -0.119. The Labute approximate surface area is 90.9 Å². The van der Waals surface area contributed by atoms with Crippen molar-refractivity contribution in [3.8, 4) is 0 Å². The van der Waals surface area contributed by atoms with Crippen LogP contribution in [0.1, 0.15) is 26.7 Å². The van der Waals surface area contributed by atoms with Crippen molar-refractivity contribution in [3.05, 3.63) is 24.4 Å². The SMILES string of the molecule is CC(C)CC(=O)CCNc1ccccn1. The molecule has 0 aromatic carbocycles. The number of anilines is 1. The first kappa shape index (κ1) is 11.7. The number of pyridine rings is 1. The third-order valence-electron chi connectivity index (χ3n) is 2.01. The molecular weight excluding hydrogens is 188 g/mol. The van der Waals surface area contributed by atoms with Crippen molar-refractivity contribution in [1.29, 1.82) is 0 Å². The summed E-state index contributed by atoms with van der Waals surface area (Å²) < 4.78 is 0. The number of ketones is 1. The van der Waals surface area contributed by atoms with E-state index < -0.39 is 0 Å². The van der Waals surface area contributed by atoms with Crippen molar-refractivity contribution in [2.45, 2.75) is 26.7 Å². The van der Waals surface area contributed by atoms with E-state index in [4.69, 9.17) is 0 Å². The summed E-state index contributed by atoms with van der Waals surface area (Å²) in [6, 6.07) is 5.69. The van der Waals surface area contributed by atoms with Gasteiger partial charge >= 0.3 is 0 Å². The third-order valence-corrected chi connectivity index (χ3v) is 2.01. The molecule has 0 radical (unpaired) electrons. The molecule has 0 saturated heterocycles. The third kappa shape index (κ3) is 5.15. The molecule has 1 N–H and O–H groups in total. The van der Waals surface area contributed by atoms with Crippen molar-refractivity contribution in [1.82, 2.24) is 4.98 Å². The van der Waals surface area contributed by atoms with Gasteiger partial charge in [-0.15, -0.1) is 0 Å². The van der Waals surface area contributed by atoms with Crippen LogP contribution in [0.5, 0.6) is 0 Å². The zero-order chi connectivity index (χ0) is 11.1. The molecule has 0 fully saturated rings. The Balaban J connectivity index is 2.19. The van der Waals surface area contributed by atoms with Gasteiger partial charge in [0.1, 0.15) is 11.6 Å². The maximum atomic E-state index is 11.4. The van der Waals surface area contributed by atoms with Crippen molar-refractivity contribution in [2.75, 3.05) is 11.9 Å². The van der Waals surface area contributed by atoms with Gasteiger partial charge in [-0.05, 0) is 18.1 Å². The molecule has 1 rings (SSSR count). The van der Waals surface area contributed by atoms with E-state index in [1.54, 1.807) is 6.20 Å². The van der Waals surface area contributed by atoms with Crippen LogP contribution in [0.3, 0.4) is 0 Å². The highest BCUT2D eigenvalue weighted by atomic mass is 16.1. The van der Waals surface area contributed by atoms with Gasteiger partial charge in [-0.3, -0.25) is 4.79 Å². The maximum Gasteiger partial charge on any atom is 0.134 e. The van der Waals surface area contributed by atoms with Crippen LogP contribution in [-0.2, 0) is 4.79 Å². The van der Waals surface area contributed by atoms with Crippen LogP contribution >= 0.6 is 0 Å². The van der Waals surface area contributed by atoms with Crippen molar-refractivity contribution in [3.63, 3.8) is 0 Å². The topological polar surface area (TPSA) is 42.0 Å². The standard InChI is InChI=1S/C12H18N2O/c1-10(2)9-11(15)6-8-14-12-5-3-4-7-13-12/h3-5,7,10H,6,8-9H2,1-2H3,(H,13,14). The van der Waals surface area contributed by atoms with E-state index in [1.165, 1.54) is 0 Å². The molecule has 15 heavy (non-hydrogen) atoms. The first-order valence-electron chi connectivity index (χ1n) is 5.35. The molecule has 0 amide bonds. The van der Waals surface area contributed by atoms with Gasteiger partial charge in [0.15, 0.2) is 0 Å². The molecule has 0 spiro atoms. The number of Topliss-reactive ketones (excluding diaryl/α,β-unsaturated/α-hetero) is 1. The summed E-state index contributed by atoms with van der Waals surface area (Å²) in [5, 5.41) is 3.12. The van der Waals surface area contributed by atoms with Gasteiger partial charge in [-0.25, -0.2) is 4.98 Å². The Kier molecular flexibility index (Phi) is 4.81. The van der Waals surface area contributed by atoms with Gasteiger partial charge < -0.3 is 5.32 Å². The Morgan fingerprint density at radius 2 is 2.27 bits per heavy atom. The molecule has 82 valence electrons. The molecule has 1 heterocycles. The molecule has 1 aromatic heterocycles. The van der Waals surface area contributed by atoms with Crippen LogP contribution in [0, 0.1) is 5.92 Å². The summed E-state index contributed by atoms with van der Waals surface area (Å²) in [5.41, 5.74) is 0. The molecular formula is C12H18N2O. The smallest absolute Gasteiger partial charge is 0.134 e. The molecule has 0 bridgehead atoms. The Hall–Kier alpha value is -1.38. The van der Waals surface area contributed by atoms with Crippen LogP contribution in [0.4, 0.5) is 5.82 Å². The van der Waals surface area contributed by atoms with E-state index in [-0.39, 0.29) is 0 Å². The molecule has 1 aromatic rings. The zero-order valence-corrected chi connectivity index (χ0v) is 9.36. The van der Waals surface area contributed by atoms with Gasteiger partial charge in [-0.1, -0.05) is 19.9 Å². The van der Waals surface area contributed by atoms with Crippen molar-refractivity contribution >= 4 is 11.6 Å². The van der Waals surface area contributed by atoms with Crippen molar-refractivity contribution in [2.24, 2.45) is 5.92 Å². The lowest BCUT2D eigenvalue weighted by Gasteiger charge is -2.05. The highest BCUT2D eigenvalue weighted by Crippen LogP contribution is 2.04. The first-order chi connectivity index (χ1) is 7.18. The largest absolute Gasteiger partial charge is 0.370 e. The van der Waals surface area contributed by atoms with E-state index in [0.29, 0.717) is 31.1 Å². The second kappa shape index (κ2) is 6.17. The normalized spacial score (nSPS) is 10.3. The molecule has 0 unspecified atom stereocenters. The molecule has 3 heteroatoms. The Morgan fingerprint density at radius 1 is 1.47 bits per heavy atom. The van der Waals surface area contributed by atoms with Gasteiger partial charge in [0, 0.05) is 25.6 Å². The number of nitrogens with zero attached hydrogens (tertiary/aromatic N) is 1. The number of aromatic nitrogens is 1. The van der Waals surface area contributed by atoms with Gasteiger partial charge in [0.25, 0.3) is 0 Å². The number of carbonyl (C=O) groups excluding carboxylic acids is 1. The summed E-state index contributed by atoms with van der Waals surface area (Å²) in [4.78, 5) is 15.5. The summed E-state index contributed by atoms with van der Waals surface area (Å²) in [6.07, 6.45) is 2.98. The van der Waals surface area contributed by atoms with E-state index >= 15 is 0 Å². The van der Waals surface area contributed by atoms with Crippen LogP contribution in [0.2, 0.25) is 0 Å². The quantitative estimate of drug-likeness (QED) is 0.777.